The molecular weight excluding hydrogens is 412 g/mol. The lowest BCUT2D eigenvalue weighted by Gasteiger charge is -2.23. The summed E-state index contributed by atoms with van der Waals surface area (Å²) in [5, 5.41) is 5.60. The van der Waals surface area contributed by atoms with Crippen LogP contribution in [0.1, 0.15) is 24.2 Å². The molecule has 1 saturated heterocycles. The van der Waals surface area contributed by atoms with Crippen molar-refractivity contribution in [2.45, 2.75) is 39.3 Å². The first kappa shape index (κ1) is 20.1. The van der Waals surface area contributed by atoms with Crippen molar-refractivity contribution in [1.29, 1.82) is 0 Å². The quantitative estimate of drug-likeness (QED) is 0.586. The van der Waals surface area contributed by atoms with E-state index in [1.165, 1.54) is 11.3 Å². The number of fused-ring (bicyclic) bond motifs is 1. The third-order valence-corrected chi connectivity index (χ3v) is 6.54. The second-order valence-electron chi connectivity index (χ2n) is 7.15. The van der Waals surface area contributed by atoms with E-state index in [9.17, 15) is 4.79 Å². The minimum absolute atomic E-state index is 0.00350. The van der Waals surface area contributed by atoms with E-state index >= 15 is 0 Å². The molecule has 1 atom stereocenters. The molecule has 0 saturated carbocycles. The lowest BCUT2D eigenvalue weighted by molar-refractivity contribution is -0.119. The van der Waals surface area contributed by atoms with Crippen molar-refractivity contribution in [3.8, 4) is 5.75 Å². The van der Waals surface area contributed by atoms with Crippen molar-refractivity contribution >= 4 is 44.2 Å². The van der Waals surface area contributed by atoms with Gasteiger partial charge in [-0.25, -0.2) is 4.98 Å². The number of hydrogen-bond acceptors (Lipinski definition) is 6. The molecule has 1 aromatic carbocycles. The molecule has 0 spiro atoms. The predicted octanol–water partition coefficient (Wildman–Crippen LogP) is 3.98. The summed E-state index contributed by atoms with van der Waals surface area (Å²) in [6.45, 7) is 5.19. The van der Waals surface area contributed by atoms with Crippen LogP contribution >= 0.6 is 22.9 Å². The highest BCUT2D eigenvalue weighted by Gasteiger charge is 2.27. The Morgan fingerprint density at radius 1 is 1.45 bits per heavy atom. The molecule has 9 heteroatoms. The predicted molar refractivity (Wildman–Crippen MR) is 114 cm³/mol. The summed E-state index contributed by atoms with van der Waals surface area (Å²) in [5.74, 6) is 0.552. The molecule has 154 valence electrons. The fourth-order valence-corrected chi connectivity index (χ4v) is 4.83. The molecular formula is C20H23ClN4O3S. The summed E-state index contributed by atoms with van der Waals surface area (Å²) in [6, 6.07) is 5.53. The monoisotopic (exact) mass is 434 g/mol. The van der Waals surface area contributed by atoms with Gasteiger partial charge in [0.25, 0.3) is 5.91 Å². The van der Waals surface area contributed by atoms with Crippen molar-refractivity contribution in [1.82, 2.24) is 14.8 Å². The first-order valence-electron chi connectivity index (χ1n) is 9.52. The number of ether oxygens (including phenoxy) is 2. The fourth-order valence-electron chi connectivity index (χ4n) is 3.55. The van der Waals surface area contributed by atoms with E-state index in [4.69, 9.17) is 26.1 Å². The number of halogens is 1. The molecule has 7 nitrogen and oxygen atoms in total. The summed E-state index contributed by atoms with van der Waals surface area (Å²) in [6.07, 6.45) is 1.94. The zero-order valence-corrected chi connectivity index (χ0v) is 18.2. The van der Waals surface area contributed by atoms with Gasteiger partial charge in [-0.15, -0.1) is 0 Å². The second-order valence-corrected chi connectivity index (χ2v) is 8.53. The summed E-state index contributed by atoms with van der Waals surface area (Å²) in [4.78, 5) is 19.7. The maximum absolute atomic E-state index is 13.3. The number of nitrogens with zero attached hydrogens (tertiary/aromatic N) is 4. The van der Waals surface area contributed by atoms with Crippen LogP contribution in [0.5, 0.6) is 5.75 Å². The summed E-state index contributed by atoms with van der Waals surface area (Å²) in [7, 11) is 1.60. The molecule has 3 heterocycles. The summed E-state index contributed by atoms with van der Waals surface area (Å²) in [5.41, 5.74) is 2.50. The van der Waals surface area contributed by atoms with Crippen LogP contribution in [0.4, 0.5) is 5.13 Å². The Balaban J connectivity index is 1.70. The Labute approximate surface area is 178 Å². The van der Waals surface area contributed by atoms with Crippen LogP contribution in [0.15, 0.2) is 18.2 Å². The van der Waals surface area contributed by atoms with Gasteiger partial charge in [-0.05, 0) is 44.9 Å². The number of methoxy groups -OCH3 is 1. The highest BCUT2D eigenvalue weighted by molar-refractivity contribution is 7.23. The van der Waals surface area contributed by atoms with E-state index in [2.05, 4.69) is 5.10 Å². The van der Waals surface area contributed by atoms with Crippen LogP contribution in [0.25, 0.3) is 10.2 Å². The van der Waals surface area contributed by atoms with E-state index < -0.39 is 0 Å². The first-order chi connectivity index (χ1) is 14.0. The third-order valence-electron chi connectivity index (χ3n) is 5.00. The normalized spacial score (nSPS) is 16.5. The van der Waals surface area contributed by atoms with Gasteiger partial charge in [-0.3, -0.25) is 14.4 Å². The zero-order valence-electron chi connectivity index (χ0n) is 16.6. The molecule has 1 fully saturated rings. The van der Waals surface area contributed by atoms with E-state index in [0.29, 0.717) is 28.0 Å². The van der Waals surface area contributed by atoms with E-state index in [1.54, 1.807) is 28.8 Å². The van der Waals surface area contributed by atoms with Crippen molar-refractivity contribution in [2.75, 3.05) is 25.2 Å². The first-order valence-corrected chi connectivity index (χ1v) is 10.7. The van der Waals surface area contributed by atoms with Crippen LogP contribution in [0.3, 0.4) is 0 Å². The number of thiazole rings is 1. The van der Waals surface area contributed by atoms with Gasteiger partial charge in [0.2, 0.25) is 0 Å². The number of amides is 1. The highest BCUT2D eigenvalue weighted by atomic mass is 35.5. The number of benzene rings is 1. The molecule has 0 aliphatic carbocycles. The molecule has 1 aliphatic rings. The van der Waals surface area contributed by atoms with Crippen molar-refractivity contribution < 1.29 is 14.3 Å². The molecule has 4 rings (SSSR count). The van der Waals surface area contributed by atoms with Crippen LogP contribution in [-0.4, -0.2) is 47.0 Å². The molecule has 29 heavy (non-hydrogen) atoms. The number of aromatic nitrogens is 3. The Bertz CT molecular complexity index is 1040. The topological polar surface area (TPSA) is 69.5 Å². The molecule has 3 aromatic rings. The van der Waals surface area contributed by atoms with Crippen LogP contribution in [-0.2, 0) is 16.1 Å². The number of hydrogen-bond donors (Lipinski definition) is 0. The Morgan fingerprint density at radius 3 is 2.93 bits per heavy atom. The maximum atomic E-state index is 13.3. The lowest BCUT2D eigenvalue weighted by atomic mass is 10.2. The minimum atomic E-state index is -0.0826. The number of carbonyl (C=O) groups is 1. The zero-order chi connectivity index (χ0) is 20.5. The molecule has 1 amide bonds. The number of rotatable bonds is 6. The Kier molecular flexibility index (Phi) is 5.76. The average molecular weight is 435 g/mol. The molecule has 2 aromatic heterocycles. The van der Waals surface area contributed by atoms with Crippen molar-refractivity contribution in [2.24, 2.45) is 0 Å². The van der Waals surface area contributed by atoms with Crippen LogP contribution in [0, 0.1) is 13.8 Å². The van der Waals surface area contributed by atoms with Crippen molar-refractivity contribution in [3.05, 3.63) is 34.6 Å². The standard InChI is InChI=1S/C20H23ClN4O3S/c1-12-9-13(2)25(23-12)11-17(26)24(10-14-5-4-8-28-14)20-22-18-16(27-3)7-6-15(21)19(18)29-20/h6-7,9,14H,4-5,8,10-11H2,1-3H3. The Hall–Kier alpha value is -2.16. The van der Waals surface area contributed by atoms with Gasteiger partial charge < -0.3 is 9.47 Å². The SMILES string of the molecule is COc1ccc(Cl)c2sc(N(CC3CCCO3)C(=O)Cn3nc(C)cc3C)nc12. The smallest absolute Gasteiger partial charge is 0.250 e. The third kappa shape index (κ3) is 4.10. The van der Waals surface area contributed by atoms with Gasteiger partial charge in [0, 0.05) is 12.3 Å². The molecule has 0 bridgehead atoms. The van der Waals surface area contributed by atoms with Gasteiger partial charge in [-0.1, -0.05) is 22.9 Å². The van der Waals surface area contributed by atoms with Gasteiger partial charge >= 0.3 is 0 Å². The number of aryl methyl sites for hydroxylation is 2. The second kappa shape index (κ2) is 8.30. The highest BCUT2D eigenvalue weighted by Crippen LogP contribution is 2.39. The lowest BCUT2D eigenvalue weighted by Crippen LogP contribution is -2.39. The molecule has 1 unspecified atom stereocenters. The Morgan fingerprint density at radius 2 is 2.28 bits per heavy atom. The summed E-state index contributed by atoms with van der Waals surface area (Å²) < 4.78 is 13.7. The van der Waals surface area contributed by atoms with Crippen molar-refractivity contribution in [3.63, 3.8) is 0 Å². The molecule has 0 radical (unpaired) electrons. The molecule has 1 aliphatic heterocycles. The largest absolute Gasteiger partial charge is 0.494 e. The minimum Gasteiger partial charge on any atom is -0.494 e. The van der Waals surface area contributed by atoms with Crippen LogP contribution in [0.2, 0.25) is 5.02 Å². The summed E-state index contributed by atoms with van der Waals surface area (Å²) >= 11 is 7.77. The van der Waals surface area contributed by atoms with E-state index in [0.717, 1.165) is 35.5 Å². The van der Waals surface area contributed by atoms with Gasteiger partial charge in [0.05, 0.1) is 35.2 Å². The van der Waals surface area contributed by atoms with Gasteiger partial charge in [0.15, 0.2) is 5.13 Å². The van der Waals surface area contributed by atoms with Gasteiger partial charge in [0.1, 0.15) is 17.8 Å². The average Bonchev–Trinajstić information content (AvgIpc) is 3.41. The number of carbonyl (C=O) groups excluding carboxylic acids is 1. The van der Waals surface area contributed by atoms with E-state index in [1.807, 2.05) is 19.9 Å². The maximum Gasteiger partial charge on any atom is 0.250 e. The van der Waals surface area contributed by atoms with Gasteiger partial charge in [-0.2, -0.15) is 5.10 Å². The van der Waals surface area contributed by atoms with Crippen LogP contribution < -0.4 is 9.64 Å². The fraction of sp³-hybridized carbons (Fsp3) is 0.450. The number of anilines is 1. The van der Waals surface area contributed by atoms with E-state index in [-0.39, 0.29) is 18.6 Å². The molecule has 0 N–H and O–H groups in total.